The second-order valence-electron chi connectivity index (χ2n) is 6.26. The summed E-state index contributed by atoms with van der Waals surface area (Å²) in [6.45, 7) is 3.99. The predicted octanol–water partition coefficient (Wildman–Crippen LogP) is 4.94. The van der Waals surface area contributed by atoms with Gasteiger partial charge >= 0.3 is 6.18 Å². The topological polar surface area (TPSA) is 27.6 Å². The molecule has 1 unspecified atom stereocenters. The van der Waals surface area contributed by atoms with Crippen LogP contribution in [0.4, 0.5) is 13.2 Å². The normalized spacial score (nSPS) is 17.9. The van der Waals surface area contributed by atoms with E-state index in [4.69, 9.17) is 0 Å². The largest absolute Gasteiger partial charge is 0.413 e. The SMILES string of the molecule is CCCCCCCNCc1ccc(C2=NN(C)C(C(F)(F)F)C=C2)s1. The number of hydrogen-bond acceptors (Lipinski definition) is 4. The fourth-order valence-corrected chi connectivity index (χ4v) is 3.64. The Balaban J connectivity index is 1.81. The first-order valence-corrected chi connectivity index (χ1v) is 9.59. The molecule has 1 N–H and O–H groups in total. The Kier molecular flexibility index (Phi) is 7.50. The molecule has 2 rings (SSSR count). The standard InChI is InChI=1S/C18H26F3N3S/c1-3-4-5-6-7-12-22-13-14-8-10-16(25-14)15-9-11-17(18(19,20)21)24(2)23-15/h8-11,17,22H,3-7,12-13H2,1-2H3. The Bertz CT molecular complexity index is 593. The molecule has 1 atom stereocenters. The molecule has 1 aliphatic heterocycles. The van der Waals surface area contributed by atoms with Gasteiger partial charge < -0.3 is 5.32 Å². The van der Waals surface area contributed by atoms with Crippen LogP contribution < -0.4 is 5.32 Å². The van der Waals surface area contributed by atoms with Gasteiger partial charge in [0.2, 0.25) is 0 Å². The van der Waals surface area contributed by atoms with E-state index in [2.05, 4.69) is 17.3 Å². The molecular formula is C18H26F3N3S. The quantitative estimate of drug-likeness (QED) is 0.621. The van der Waals surface area contributed by atoms with Gasteiger partial charge in [0.15, 0.2) is 6.04 Å². The van der Waals surface area contributed by atoms with E-state index in [1.54, 1.807) is 11.3 Å². The summed E-state index contributed by atoms with van der Waals surface area (Å²) in [7, 11) is 1.36. The molecule has 1 aromatic rings. The first-order valence-electron chi connectivity index (χ1n) is 8.78. The summed E-state index contributed by atoms with van der Waals surface area (Å²) in [4.78, 5) is 2.06. The Morgan fingerprint density at radius 2 is 1.96 bits per heavy atom. The second kappa shape index (κ2) is 9.38. The number of nitrogens with zero attached hydrogens (tertiary/aromatic N) is 2. The molecule has 0 radical (unpaired) electrons. The monoisotopic (exact) mass is 373 g/mol. The third-order valence-electron chi connectivity index (χ3n) is 4.11. The van der Waals surface area contributed by atoms with Crippen LogP contribution in [-0.2, 0) is 6.54 Å². The van der Waals surface area contributed by atoms with E-state index in [0.717, 1.165) is 29.1 Å². The number of rotatable bonds is 9. The van der Waals surface area contributed by atoms with Gasteiger partial charge in [-0.2, -0.15) is 18.3 Å². The maximum atomic E-state index is 12.8. The van der Waals surface area contributed by atoms with Crippen molar-refractivity contribution >= 4 is 17.0 Å². The molecule has 0 aromatic carbocycles. The van der Waals surface area contributed by atoms with Gasteiger partial charge in [-0.25, -0.2) is 0 Å². The van der Waals surface area contributed by atoms with Gasteiger partial charge in [-0.1, -0.05) is 32.6 Å². The third kappa shape index (κ3) is 6.15. The van der Waals surface area contributed by atoms with Gasteiger partial charge in [-0.05, 0) is 37.3 Å². The smallest absolute Gasteiger partial charge is 0.312 e. The number of alkyl halides is 3. The summed E-state index contributed by atoms with van der Waals surface area (Å²) in [5, 5.41) is 8.48. The van der Waals surface area contributed by atoms with Crippen molar-refractivity contribution in [3.63, 3.8) is 0 Å². The van der Waals surface area contributed by atoms with E-state index in [9.17, 15) is 13.2 Å². The van der Waals surface area contributed by atoms with Crippen LogP contribution in [0.15, 0.2) is 29.4 Å². The van der Waals surface area contributed by atoms with Gasteiger partial charge in [0.05, 0.1) is 4.88 Å². The highest BCUT2D eigenvalue weighted by Gasteiger charge is 2.42. The van der Waals surface area contributed by atoms with Crippen molar-refractivity contribution in [2.45, 2.75) is 57.8 Å². The fourth-order valence-electron chi connectivity index (χ4n) is 2.70. The van der Waals surface area contributed by atoms with E-state index < -0.39 is 12.2 Å². The van der Waals surface area contributed by atoms with Crippen LogP contribution in [0.2, 0.25) is 0 Å². The number of hydrazone groups is 1. The van der Waals surface area contributed by atoms with Crippen molar-refractivity contribution < 1.29 is 13.2 Å². The van der Waals surface area contributed by atoms with Crippen LogP contribution in [0.3, 0.4) is 0 Å². The van der Waals surface area contributed by atoms with Gasteiger partial charge in [-0.3, -0.25) is 5.01 Å². The summed E-state index contributed by atoms with van der Waals surface area (Å²) >= 11 is 1.57. The summed E-state index contributed by atoms with van der Waals surface area (Å²) in [6, 6.07) is 2.29. The summed E-state index contributed by atoms with van der Waals surface area (Å²) in [5.41, 5.74) is 0.582. The Morgan fingerprint density at radius 1 is 1.20 bits per heavy atom. The average Bonchev–Trinajstić information content (AvgIpc) is 3.01. The molecule has 0 aliphatic carbocycles. The van der Waals surface area contributed by atoms with E-state index in [1.807, 2.05) is 12.1 Å². The highest BCUT2D eigenvalue weighted by Crippen LogP contribution is 2.28. The van der Waals surface area contributed by atoms with Gasteiger partial charge in [-0.15, -0.1) is 11.3 Å². The Labute approximate surface area is 151 Å². The Morgan fingerprint density at radius 3 is 2.64 bits per heavy atom. The lowest BCUT2D eigenvalue weighted by atomic mass is 10.1. The fraction of sp³-hybridized carbons (Fsp3) is 0.611. The molecule has 0 saturated heterocycles. The summed E-state index contributed by atoms with van der Waals surface area (Å²) in [6.07, 6.45) is 4.60. The minimum atomic E-state index is -4.30. The Hall–Kier alpha value is -1.34. The third-order valence-corrected chi connectivity index (χ3v) is 5.22. The summed E-state index contributed by atoms with van der Waals surface area (Å²) in [5.74, 6) is 0. The van der Waals surface area contributed by atoms with Crippen molar-refractivity contribution in [2.75, 3.05) is 13.6 Å². The van der Waals surface area contributed by atoms with E-state index >= 15 is 0 Å². The van der Waals surface area contributed by atoms with Crippen LogP contribution in [0.1, 0.15) is 48.8 Å². The van der Waals surface area contributed by atoms with Gasteiger partial charge in [0.1, 0.15) is 5.71 Å². The molecule has 2 heterocycles. The molecule has 25 heavy (non-hydrogen) atoms. The van der Waals surface area contributed by atoms with E-state index in [1.165, 1.54) is 50.1 Å². The molecule has 0 fully saturated rings. The number of hydrogen-bond donors (Lipinski definition) is 1. The van der Waals surface area contributed by atoms with Crippen molar-refractivity contribution in [2.24, 2.45) is 5.10 Å². The molecule has 7 heteroatoms. The van der Waals surface area contributed by atoms with Crippen molar-refractivity contribution in [1.82, 2.24) is 10.3 Å². The zero-order valence-corrected chi connectivity index (χ0v) is 15.6. The molecule has 0 amide bonds. The zero-order valence-electron chi connectivity index (χ0n) is 14.8. The molecule has 3 nitrogen and oxygen atoms in total. The molecule has 0 bridgehead atoms. The van der Waals surface area contributed by atoms with Gasteiger partial charge in [0, 0.05) is 18.5 Å². The number of thiophene rings is 1. The first-order chi connectivity index (χ1) is 11.9. The maximum Gasteiger partial charge on any atom is 0.413 e. The minimum Gasteiger partial charge on any atom is -0.312 e. The molecule has 1 aromatic heterocycles. The number of allylic oxidation sites excluding steroid dienone is 1. The van der Waals surface area contributed by atoms with Crippen LogP contribution in [0.25, 0.3) is 0 Å². The molecule has 0 spiro atoms. The minimum absolute atomic E-state index is 0.582. The van der Waals surface area contributed by atoms with Crippen molar-refractivity contribution in [3.05, 3.63) is 34.0 Å². The van der Waals surface area contributed by atoms with Crippen molar-refractivity contribution in [3.8, 4) is 0 Å². The lowest BCUT2D eigenvalue weighted by Gasteiger charge is -2.28. The number of halogens is 3. The lowest BCUT2D eigenvalue weighted by Crippen LogP contribution is -2.41. The second-order valence-corrected chi connectivity index (χ2v) is 7.43. The van der Waals surface area contributed by atoms with Crippen LogP contribution >= 0.6 is 11.3 Å². The van der Waals surface area contributed by atoms with E-state index in [-0.39, 0.29) is 0 Å². The number of likely N-dealkylation sites (N-methyl/N-ethyl adjacent to an activating group) is 1. The van der Waals surface area contributed by atoms with E-state index in [0.29, 0.717) is 5.71 Å². The van der Waals surface area contributed by atoms with Crippen molar-refractivity contribution in [1.29, 1.82) is 0 Å². The van der Waals surface area contributed by atoms with Gasteiger partial charge in [0.25, 0.3) is 0 Å². The zero-order chi connectivity index (χ0) is 18.3. The molecular weight excluding hydrogens is 347 g/mol. The first kappa shape index (κ1) is 20.0. The number of unbranched alkanes of at least 4 members (excludes halogenated alkanes) is 4. The molecule has 140 valence electrons. The molecule has 0 saturated carbocycles. The summed E-state index contributed by atoms with van der Waals surface area (Å²) < 4.78 is 38.5. The average molecular weight is 373 g/mol. The maximum absolute atomic E-state index is 12.8. The number of nitrogens with one attached hydrogen (secondary N) is 1. The lowest BCUT2D eigenvalue weighted by molar-refractivity contribution is -0.167. The van der Waals surface area contributed by atoms with Crippen LogP contribution in [0, 0.1) is 0 Å². The van der Waals surface area contributed by atoms with Crippen LogP contribution in [-0.4, -0.2) is 36.5 Å². The van der Waals surface area contributed by atoms with Crippen LogP contribution in [0.5, 0.6) is 0 Å². The molecule has 1 aliphatic rings. The highest BCUT2D eigenvalue weighted by molar-refractivity contribution is 7.14. The predicted molar refractivity (Wildman–Crippen MR) is 98.1 cm³/mol. The highest BCUT2D eigenvalue weighted by atomic mass is 32.1.